The number of piperidine rings is 1. The SMILES string of the molecule is c1cnc(Nc2cnc([C@H]3CCCN(Cc4cncs4)C3)cn2)cn1. The molecular weight excluding hydrogens is 334 g/mol. The fourth-order valence-electron chi connectivity index (χ4n) is 3.09. The van der Waals surface area contributed by atoms with Crippen LogP contribution >= 0.6 is 11.3 Å². The van der Waals surface area contributed by atoms with Gasteiger partial charge in [0, 0.05) is 42.5 Å². The van der Waals surface area contributed by atoms with Crippen LogP contribution in [0.5, 0.6) is 0 Å². The predicted octanol–water partition coefficient (Wildman–Crippen LogP) is 2.85. The summed E-state index contributed by atoms with van der Waals surface area (Å²) in [6, 6.07) is 0. The number of nitrogens with one attached hydrogen (secondary N) is 1. The highest BCUT2D eigenvalue weighted by Gasteiger charge is 2.23. The van der Waals surface area contributed by atoms with Crippen molar-refractivity contribution < 1.29 is 0 Å². The van der Waals surface area contributed by atoms with E-state index in [-0.39, 0.29) is 0 Å². The van der Waals surface area contributed by atoms with Gasteiger partial charge in [-0.05, 0) is 19.4 Å². The monoisotopic (exact) mass is 353 g/mol. The first-order valence-corrected chi connectivity index (χ1v) is 9.19. The summed E-state index contributed by atoms with van der Waals surface area (Å²) >= 11 is 1.72. The molecule has 0 aliphatic carbocycles. The van der Waals surface area contributed by atoms with Gasteiger partial charge >= 0.3 is 0 Å². The molecule has 0 bridgehead atoms. The average molecular weight is 353 g/mol. The van der Waals surface area contributed by atoms with Crippen molar-refractivity contribution in [2.24, 2.45) is 0 Å². The van der Waals surface area contributed by atoms with Gasteiger partial charge in [-0.1, -0.05) is 0 Å². The Kier molecular flexibility index (Phi) is 4.89. The van der Waals surface area contributed by atoms with Crippen molar-refractivity contribution >= 4 is 23.0 Å². The average Bonchev–Trinajstić information content (AvgIpc) is 3.16. The second-order valence-electron chi connectivity index (χ2n) is 6.08. The highest BCUT2D eigenvalue weighted by atomic mass is 32.1. The quantitative estimate of drug-likeness (QED) is 0.755. The van der Waals surface area contributed by atoms with Crippen molar-refractivity contribution in [2.45, 2.75) is 25.3 Å². The van der Waals surface area contributed by atoms with Gasteiger partial charge < -0.3 is 5.32 Å². The predicted molar refractivity (Wildman–Crippen MR) is 96.7 cm³/mol. The largest absolute Gasteiger partial charge is 0.322 e. The standard InChI is InChI=1S/C17H19N7S/c1-2-13(10-24(5-1)11-14-6-19-12-25-14)15-7-22-17(9-21-15)23-16-8-18-3-4-20-16/h3-4,6-9,12-13H,1-2,5,10-11H2,(H,20,22,23)/t13-/m0/s1. The molecule has 0 radical (unpaired) electrons. The smallest absolute Gasteiger partial charge is 0.150 e. The van der Waals surface area contributed by atoms with Crippen molar-refractivity contribution in [1.82, 2.24) is 29.8 Å². The first kappa shape index (κ1) is 16.0. The zero-order chi connectivity index (χ0) is 16.9. The van der Waals surface area contributed by atoms with Crippen LogP contribution in [0, 0.1) is 0 Å². The van der Waals surface area contributed by atoms with Gasteiger partial charge in [-0.3, -0.25) is 19.9 Å². The van der Waals surface area contributed by atoms with Crippen LogP contribution in [-0.4, -0.2) is 42.9 Å². The van der Waals surface area contributed by atoms with Crippen molar-refractivity contribution in [3.63, 3.8) is 0 Å². The Balaban J connectivity index is 1.39. The van der Waals surface area contributed by atoms with Crippen molar-refractivity contribution in [3.8, 4) is 0 Å². The van der Waals surface area contributed by atoms with Gasteiger partial charge in [0.25, 0.3) is 0 Å². The van der Waals surface area contributed by atoms with Crippen molar-refractivity contribution in [3.05, 3.63) is 53.3 Å². The Bertz CT molecular complexity index is 777. The second-order valence-corrected chi connectivity index (χ2v) is 7.06. The molecular formula is C17H19N7S. The molecule has 1 aliphatic heterocycles. The van der Waals surface area contributed by atoms with E-state index in [1.807, 2.05) is 17.9 Å². The molecule has 3 aromatic heterocycles. The molecule has 1 aliphatic rings. The van der Waals surface area contributed by atoms with Gasteiger partial charge in [-0.15, -0.1) is 11.3 Å². The molecule has 1 atom stereocenters. The number of hydrogen-bond donors (Lipinski definition) is 1. The lowest BCUT2D eigenvalue weighted by Crippen LogP contribution is -2.34. The molecule has 4 rings (SSSR count). The highest BCUT2D eigenvalue weighted by Crippen LogP contribution is 2.27. The number of anilines is 2. The van der Waals surface area contributed by atoms with Crippen LogP contribution in [-0.2, 0) is 6.54 Å². The van der Waals surface area contributed by atoms with E-state index in [1.54, 1.807) is 36.1 Å². The maximum absolute atomic E-state index is 4.62. The van der Waals surface area contributed by atoms with E-state index in [2.05, 4.69) is 35.1 Å². The van der Waals surface area contributed by atoms with E-state index in [0.29, 0.717) is 17.6 Å². The molecule has 0 unspecified atom stereocenters. The maximum atomic E-state index is 4.62. The van der Waals surface area contributed by atoms with E-state index in [1.165, 1.54) is 11.3 Å². The lowest BCUT2D eigenvalue weighted by atomic mass is 9.95. The summed E-state index contributed by atoms with van der Waals surface area (Å²) in [7, 11) is 0. The van der Waals surface area contributed by atoms with E-state index in [9.17, 15) is 0 Å². The summed E-state index contributed by atoms with van der Waals surface area (Å²) in [5, 5.41) is 3.11. The van der Waals surface area contributed by atoms with Gasteiger partial charge in [0.1, 0.15) is 11.6 Å². The molecule has 1 saturated heterocycles. The van der Waals surface area contributed by atoms with Crippen LogP contribution in [0.25, 0.3) is 0 Å². The van der Waals surface area contributed by atoms with Crippen LogP contribution in [0.2, 0.25) is 0 Å². The van der Waals surface area contributed by atoms with E-state index >= 15 is 0 Å². The van der Waals surface area contributed by atoms with Gasteiger partial charge in [0.05, 0.1) is 29.8 Å². The third-order valence-electron chi connectivity index (χ3n) is 4.28. The van der Waals surface area contributed by atoms with Crippen LogP contribution in [0.15, 0.2) is 42.7 Å². The normalized spacial score (nSPS) is 18.2. The van der Waals surface area contributed by atoms with Crippen LogP contribution in [0.1, 0.15) is 29.3 Å². The summed E-state index contributed by atoms with van der Waals surface area (Å²) in [6.45, 7) is 3.12. The van der Waals surface area contributed by atoms with E-state index in [0.717, 1.165) is 31.7 Å². The third kappa shape index (κ3) is 4.15. The zero-order valence-electron chi connectivity index (χ0n) is 13.7. The van der Waals surface area contributed by atoms with E-state index in [4.69, 9.17) is 0 Å². The number of likely N-dealkylation sites (tertiary alicyclic amines) is 1. The van der Waals surface area contributed by atoms with Gasteiger partial charge in [-0.25, -0.2) is 9.97 Å². The Hall–Kier alpha value is -2.45. The molecule has 0 saturated carbocycles. The molecule has 3 aromatic rings. The van der Waals surface area contributed by atoms with Crippen LogP contribution in [0.4, 0.5) is 11.6 Å². The van der Waals surface area contributed by atoms with E-state index < -0.39 is 0 Å². The summed E-state index contributed by atoms with van der Waals surface area (Å²) in [5.74, 6) is 1.78. The first-order chi connectivity index (χ1) is 12.4. The lowest BCUT2D eigenvalue weighted by Gasteiger charge is -2.31. The van der Waals surface area contributed by atoms with Crippen LogP contribution in [0.3, 0.4) is 0 Å². The number of hydrogen-bond acceptors (Lipinski definition) is 8. The summed E-state index contributed by atoms with van der Waals surface area (Å²) in [4.78, 5) is 25.3. The Morgan fingerprint density at radius 3 is 2.76 bits per heavy atom. The van der Waals surface area contributed by atoms with Crippen LogP contribution < -0.4 is 5.32 Å². The van der Waals surface area contributed by atoms with Crippen molar-refractivity contribution in [2.75, 3.05) is 18.4 Å². The molecule has 25 heavy (non-hydrogen) atoms. The molecule has 0 spiro atoms. The Morgan fingerprint density at radius 2 is 2.00 bits per heavy atom. The maximum Gasteiger partial charge on any atom is 0.150 e. The third-order valence-corrected chi connectivity index (χ3v) is 5.04. The van der Waals surface area contributed by atoms with Crippen molar-refractivity contribution in [1.29, 1.82) is 0 Å². The molecule has 4 heterocycles. The first-order valence-electron chi connectivity index (χ1n) is 8.31. The fraction of sp³-hybridized carbons (Fsp3) is 0.353. The number of nitrogens with zero attached hydrogens (tertiary/aromatic N) is 6. The summed E-state index contributed by atoms with van der Waals surface area (Å²) in [5.41, 5.74) is 2.95. The fourth-order valence-corrected chi connectivity index (χ4v) is 3.73. The topological polar surface area (TPSA) is 79.7 Å². The number of aromatic nitrogens is 5. The van der Waals surface area contributed by atoms with Gasteiger partial charge in [0.2, 0.25) is 0 Å². The number of thiazole rings is 1. The summed E-state index contributed by atoms with van der Waals surface area (Å²) in [6.07, 6.45) is 12.9. The molecule has 0 amide bonds. The molecule has 128 valence electrons. The number of rotatable bonds is 5. The molecule has 1 N–H and O–H groups in total. The Labute approximate surface area is 150 Å². The summed E-state index contributed by atoms with van der Waals surface area (Å²) < 4.78 is 0. The minimum atomic E-state index is 0.430. The molecule has 0 aromatic carbocycles. The highest BCUT2D eigenvalue weighted by molar-refractivity contribution is 7.09. The minimum Gasteiger partial charge on any atom is -0.322 e. The molecule has 7 nitrogen and oxygen atoms in total. The van der Waals surface area contributed by atoms with Gasteiger partial charge in [0.15, 0.2) is 0 Å². The van der Waals surface area contributed by atoms with Gasteiger partial charge in [-0.2, -0.15) is 0 Å². The Morgan fingerprint density at radius 1 is 1.04 bits per heavy atom. The lowest BCUT2D eigenvalue weighted by molar-refractivity contribution is 0.200. The zero-order valence-corrected chi connectivity index (χ0v) is 14.6. The minimum absolute atomic E-state index is 0.430. The molecule has 8 heteroatoms. The second kappa shape index (κ2) is 7.62. The molecule has 1 fully saturated rings.